The highest BCUT2D eigenvalue weighted by Gasteiger charge is 2.25. The zero-order chi connectivity index (χ0) is 16.6. The Morgan fingerprint density at radius 1 is 1.39 bits per heavy atom. The summed E-state index contributed by atoms with van der Waals surface area (Å²) in [5.74, 6) is 0. The number of thiazole rings is 1. The van der Waals surface area contributed by atoms with Crippen LogP contribution in [0, 0.1) is 6.92 Å². The van der Waals surface area contributed by atoms with E-state index in [-0.39, 0.29) is 11.1 Å². The Kier molecular flexibility index (Phi) is 4.57. The molecule has 1 aliphatic carbocycles. The van der Waals surface area contributed by atoms with Crippen molar-refractivity contribution >= 4 is 21.4 Å². The Morgan fingerprint density at radius 3 is 2.83 bits per heavy atom. The van der Waals surface area contributed by atoms with Crippen molar-refractivity contribution in [1.82, 2.24) is 19.5 Å². The molecule has 0 saturated heterocycles. The quantitative estimate of drug-likeness (QED) is 0.895. The molecule has 0 spiro atoms. The number of hydrogen-bond acceptors (Lipinski definition) is 5. The van der Waals surface area contributed by atoms with E-state index in [0.29, 0.717) is 12.2 Å². The average molecular weight is 355 g/mol. The highest BCUT2D eigenvalue weighted by atomic mass is 32.2. The Morgan fingerprint density at radius 2 is 2.13 bits per heavy atom. The van der Waals surface area contributed by atoms with Gasteiger partial charge in [0.1, 0.15) is 5.01 Å². The summed E-state index contributed by atoms with van der Waals surface area (Å²) < 4.78 is 29.6. The molecule has 2 aromatic heterocycles. The molecule has 6 nitrogen and oxygen atoms in total. The van der Waals surface area contributed by atoms with Crippen LogP contribution in [0.2, 0.25) is 0 Å². The van der Waals surface area contributed by atoms with E-state index in [1.165, 1.54) is 22.4 Å². The maximum Gasteiger partial charge on any atom is 0.258 e. The van der Waals surface area contributed by atoms with E-state index in [9.17, 15) is 8.42 Å². The van der Waals surface area contributed by atoms with Crippen molar-refractivity contribution in [2.24, 2.45) is 0 Å². The second-order valence-corrected chi connectivity index (χ2v) is 8.69. The molecule has 0 amide bonds. The molecule has 1 N–H and O–H groups in total. The summed E-state index contributed by atoms with van der Waals surface area (Å²) in [7, 11) is -3.61. The van der Waals surface area contributed by atoms with Crippen LogP contribution in [0.15, 0.2) is 11.1 Å². The van der Waals surface area contributed by atoms with Crippen molar-refractivity contribution < 1.29 is 8.42 Å². The maximum absolute atomic E-state index is 12.7. The van der Waals surface area contributed by atoms with Crippen LogP contribution in [0.4, 0.5) is 0 Å². The van der Waals surface area contributed by atoms with E-state index in [2.05, 4.69) is 14.8 Å². The SMILES string of the molecule is CCn1nc(C)cc1S(=O)(=O)N[C@@H](C)c1nc2c(s1)CCCC2. The molecular weight excluding hydrogens is 332 g/mol. The molecule has 0 aliphatic heterocycles. The van der Waals surface area contributed by atoms with Gasteiger partial charge < -0.3 is 0 Å². The Balaban J connectivity index is 1.83. The van der Waals surface area contributed by atoms with Crippen LogP contribution >= 0.6 is 11.3 Å². The second kappa shape index (κ2) is 6.33. The van der Waals surface area contributed by atoms with Crippen LogP contribution < -0.4 is 4.72 Å². The third-order valence-electron chi connectivity index (χ3n) is 4.00. The van der Waals surface area contributed by atoms with Crippen molar-refractivity contribution in [2.45, 2.75) is 64.1 Å². The molecule has 0 bridgehead atoms. The zero-order valence-electron chi connectivity index (χ0n) is 13.7. The van der Waals surface area contributed by atoms with Crippen molar-refractivity contribution in [3.63, 3.8) is 0 Å². The summed E-state index contributed by atoms with van der Waals surface area (Å²) in [5.41, 5.74) is 1.85. The van der Waals surface area contributed by atoms with Gasteiger partial charge >= 0.3 is 0 Å². The fourth-order valence-electron chi connectivity index (χ4n) is 2.87. The molecule has 0 fully saturated rings. The summed E-state index contributed by atoms with van der Waals surface area (Å²) >= 11 is 1.63. The third-order valence-corrected chi connectivity index (χ3v) is 6.89. The van der Waals surface area contributed by atoms with Gasteiger partial charge in [-0.05, 0) is 52.5 Å². The van der Waals surface area contributed by atoms with Gasteiger partial charge in [-0.1, -0.05) is 0 Å². The van der Waals surface area contributed by atoms with Gasteiger partial charge in [0.05, 0.1) is 17.4 Å². The zero-order valence-corrected chi connectivity index (χ0v) is 15.3. The van der Waals surface area contributed by atoms with Crippen LogP contribution in [-0.2, 0) is 29.4 Å². The van der Waals surface area contributed by atoms with Gasteiger partial charge in [-0.15, -0.1) is 11.3 Å². The summed E-state index contributed by atoms with van der Waals surface area (Å²) in [6.07, 6.45) is 4.44. The van der Waals surface area contributed by atoms with Crippen molar-refractivity contribution in [1.29, 1.82) is 0 Å². The smallest absolute Gasteiger partial charge is 0.253 e. The molecule has 8 heteroatoms. The number of aryl methyl sites for hydroxylation is 4. The molecule has 3 rings (SSSR count). The van der Waals surface area contributed by atoms with E-state index in [0.717, 1.165) is 23.5 Å². The molecule has 23 heavy (non-hydrogen) atoms. The highest BCUT2D eigenvalue weighted by molar-refractivity contribution is 7.89. The van der Waals surface area contributed by atoms with Crippen LogP contribution in [0.3, 0.4) is 0 Å². The van der Waals surface area contributed by atoms with Crippen LogP contribution in [-0.4, -0.2) is 23.2 Å². The topological polar surface area (TPSA) is 76.9 Å². The number of nitrogens with zero attached hydrogens (tertiary/aromatic N) is 3. The molecule has 2 heterocycles. The molecule has 0 aromatic carbocycles. The van der Waals surface area contributed by atoms with E-state index in [1.54, 1.807) is 24.3 Å². The summed E-state index contributed by atoms with van der Waals surface area (Å²) in [5, 5.41) is 5.27. The Bertz CT molecular complexity index is 784. The first-order valence-electron chi connectivity index (χ1n) is 7.96. The van der Waals surface area contributed by atoms with Gasteiger partial charge in [-0.3, -0.25) is 4.68 Å². The van der Waals surface area contributed by atoms with E-state index in [1.807, 2.05) is 13.8 Å². The lowest BCUT2D eigenvalue weighted by Crippen LogP contribution is -2.28. The maximum atomic E-state index is 12.7. The predicted molar refractivity (Wildman–Crippen MR) is 90.1 cm³/mol. The molecular formula is C15H22N4O2S2. The molecule has 0 saturated carbocycles. The second-order valence-electron chi connectivity index (χ2n) is 5.91. The standard InChI is InChI=1S/C15H22N4O2S2/c1-4-19-14(9-10(2)17-19)23(20,21)18-11(3)15-16-12-7-5-6-8-13(12)22-15/h9,11,18H,4-8H2,1-3H3/t11-/m0/s1. The summed E-state index contributed by atoms with van der Waals surface area (Å²) in [6.45, 7) is 6.04. The van der Waals surface area contributed by atoms with Crippen molar-refractivity contribution in [2.75, 3.05) is 0 Å². The van der Waals surface area contributed by atoms with Gasteiger partial charge in [-0.2, -0.15) is 5.10 Å². The molecule has 126 valence electrons. The largest absolute Gasteiger partial charge is 0.258 e. The van der Waals surface area contributed by atoms with E-state index >= 15 is 0 Å². The monoisotopic (exact) mass is 354 g/mol. The summed E-state index contributed by atoms with van der Waals surface area (Å²) in [6, 6.07) is 1.27. The number of aromatic nitrogens is 3. The van der Waals surface area contributed by atoms with Crippen molar-refractivity contribution in [3.05, 3.63) is 27.3 Å². The average Bonchev–Trinajstić information content (AvgIpc) is 3.10. The van der Waals surface area contributed by atoms with Gasteiger partial charge in [0.15, 0.2) is 5.03 Å². The fourth-order valence-corrected chi connectivity index (χ4v) is 5.57. The number of nitrogens with one attached hydrogen (secondary N) is 1. The highest BCUT2D eigenvalue weighted by Crippen LogP contribution is 2.30. The molecule has 1 aliphatic rings. The van der Waals surface area contributed by atoms with Gasteiger partial charge in [0, 0.05) is 11.4 Å². The van der Waals surface area contributed by atoms with Gasteiger partial charge in [-0.25, -0.2) is 18.1 Å². The minimum absolute atomic E-state index is 0.214. The predicted octanol–water partition coefficient (Wildman–Crippen LogP) is 2.59. The molecule has 2 aromatic rings. The van der Waals surface area contributed by atoms with Crippen molar-refractivity contribution in [3.8, 4) is 0 Å². The fraction of sp³-hybridized carbons (Fsp3) is 0.600. The van der Waals surface area contributed by atoms with Gasteiger partial charge in [0.25, 0.3) is 10.0 Å². The van der Waals surface area contributed by atoms with Crippen LogP contribution in [0.5, 0.6) is 0 Å². The first-order chi connectivity index (χ1) is 10.9. The third kappa shape index (κ3) is 3.34. The van der Waals surface area contributed by atoms with E-state index < -0.39 is 10.0 Å². The normalized spacial score (nSPS) is 16.3. The first-order valence-corrected chi connectivity index (χ1v) is 10.3. The lowest BCUT2D eigenvalue weighted by atomic mass is 10.0. The van der Waals surface area contributed by atoms with E-state index in [4.69, 9.17) is 0 Å². The lowest BCUT2D eigenvalue weighted by Gasteiger charge is -2.12. The molecule has 0 unspecified atom stereocenters. The van der Waals surface area contributed by atoms with Crippen LogP contribution in [0.25, 0.3) is 0 Å². The summed E-state index contributed by atoms with van der Waals surface area (Å²) in [4.78, 5) is 5.96. The Hall–Kier alpha value is -1.25. The number of rotatable bonds is 5. The Labute approximate surface area is 141 Å². The number of hydrogen-bond donors (Lipinski definition) is 1. The minimum Gasteiger partial charge on any atom is -0.253 e. The minimum atomic E-state index is -3.61. The lowest BCUT2D eigenvalue weighted by molar-refractivity contribution is 0.533. The molecule has 0 radical (unpaired) electrons. The van der Waals surface area contributed by atoms with Crippen LogP contribution in [0.1, 0.15) is 54.0 Å². The number of fused-ring (bicyclic) bond motifs is 1. The molecule has 1 atom stereocenters. The first kappa shape index (κ1) is 16.6. The number of sulfonamides is 1. The van der Waals surface area contributed by atoms with Gasteiger partial charge in [0.2, 0.25) is 0 Å².